The molecule has 2 aromatic carbocycles. The number of aryl methyl sites for hydroxylation is 2. The lowest BCUT2D eigenvalue weighted by atomic mass is 9.87. The lowest BCUT2D eigenvalue weighted by Gasteiger charge is -2.19. The van der Waals surface area contributed by atoms with Crippen LogP contribution in [0.15, 0.2) is 42.5 Å². The summed E-state index contributed by atoms with van der Waals surface area (Å²) in [6.45, 7) is 11.4. The normalized spacial score (nSPS) is 11.1. The van der Waals surface area contributed by atoms with Crippen molar-refractivity contribution in [2.75, 3.05) is 18.5 Å². The number of nitrogens with one attached hydrogen (secondary N) is 2. The van der Waals surface area contributed by atoms with E-state index in [9.17, 15) is 4.79 Å². The minimum Gasteiger partial charge on any atom is -0.491 e. The lowest BCUT2D eigenvalue weighted by Crippen LogP contribution is -2.32. The SMILES string of the molecule is Cc1cccc(C)c1OCCNC(=O)Nc1ccc(C(C)(C)C)cc1. The predicted molar refractivity (Wildman–Crippen MR) is 104 cm³/mol. The number of hydrogen-bond donors (Lipinski definition) is 2. The summed E-state index contributed by atoms with van der Waals surface area (Å²) in [7, 11) is 0. The van der Waals surface area contributed by atoms with E-state index in [1.165, 1.54) is 5.56 Å². The summed E-state index contributed by atoms with van der Waals surface area (Å²) >= 11 is 0. The molecule has 0 aliphatic carbocycles. The van der Waals surface area contributed by atoms with Crippen molar-refractivity contribution in [1.82, 2.24) is 5.32 Å². The van der Waals surface area contributed by atoms with E-state index in [-0.39, 0.29) is 11.4 Å². The van der Waals surface area contributed by atoms with Gasteiger partial charge in [-0.15, -0.1) is 0 Å². The fraction of sp³-hybridized carbons (Fsp3) is 0.381. The molecule has 2 N–H and O–H groups in total. The van der Waals surface area contributed by atoms with E-state index < -0.39 is 0 Å². The molecule has 0 saturated carbocycles. The second kappa shape index (κ2) is 8.06. The van der Waals surface area contributed by atoms with Gasteiger partial charge in [0.1, 0.15) is 12.4 Å². The lowest BCUT2D eigenvalue weighted by molar-refractivity contribution is 0.247. The van der Waals surface area contributed by atoms with Gasteiger partial charge in [-0.2, -0.15) is 0 Å². The minimum atomic E-state index is -0.228. The standard InChI is InChI=1S/C21H28N2O2/c1-15-7-6-8-16(2)19(15)25-14-13-22-20(24)23-18-11-9-17(10-12-18)21(3,4)5/h6-12H,13-14H2,1-5H3,(H2,22,23,24). The quantitative estimate of drug-likeness (QED) is 0.768. The number of para-hydroxylation sites is 1. The van der Waals surface area contributed by atoms with Crippen LogP contribution in [0.25, 0.3) is 0 Å². The zero-order valence-corrected chi connectivity index (χ0v) is 15.8. The molecule has 0 aliphatic rings. The van der Waals surface area contributed by atoms with Crippen LogP contribution >= 0.6 is 0 Å². The molecule has 4 nitrogen and oxygen atoms in total. The number of amides is 2. The molecule has 0 unspecified atom stereocenters. The summed E-state index contributed by atoms with van der Waals surface area (Å²) < 4.78 is 5.78. The van der Waals surface area contributed by atoms with E-state index in [0.29, 0.717) is 13.2 Å². The monoisotopic (exact) mass is 340 g/mol. The summed E-state index contributed by atoms with van der Waals surface area (Å²) in [5.74, 6) is 0.891. The third kappa shape index (κ3) is 5.52. The van der Waals surface area contributed by atoms with Gasteiger partial charge in [0, 0.05) is 5.69 Å². The summed E-state index contributed by atoms with van der Waals surface area (Å²) in [5, 5.41) is 5.65. The summed E-state index contributed by atoms with van der Waals surface area (Å²) in [4.78, 5) is 12.0. The molecule has 4 heteroatoms. The van der Waals surface area contributed by atoms with E-state index in [1.54, 1.807) is 0 Å². The van der Waals surface area contributed by atoms with Gasteiger partial charge in [0.2, 0.25) is 0 Å². The number of hydrogen-bond acceptors (Lipinski definition) is 2. The number of rotatable bonds is 5. The fourth-order valence-electron chi connectivity index (χ4n) is 2.57. The van der Waals surface area contributed by atoms with Gasteiger partial charge >= 0.3 is 6.03 Å². The van der Waals surface area contributed by atoms with E-state index in [2.05, 4.69) is 31.4 Å². The molecule has 25 heavy (non-hydrogen) atoms. The van der Waals surface area contributed by atoms with Gasteiger partial charge in [-0.3, -0.25) is 0 Å². The molecule has 0 aromatic heterocycles. The summed E-state index contributed by atoms with van der Waals surface area (Å²) in [6.07, 6.45) is 0. The largest absolute Gasteiger partial charge is 0.491 e. The number of urea groups is 1. The predicted octanol–water partition coefficient (Wildman–Crippen LogP) is 4.80. The molecule has 2 amide bonds. The molecule has 0 fully saturated rings. The van der Waals surface area contributed by atoms with Crippen molar-refractivity contribution in [1.29, 1.82) is 0 Å². The molecule has 0 spiro atoms. The van der Waals surface area contributed by atoms with Crippen molar-refractivity contribution in [3.8, 4) is 5.75 Å². The molecule has 134 valence electrons. The number of carbonyl (C=O) groups is 1. The van der Waals surface area contributed by atoms with Gasteiger partial charge in [-0.1, -0.05) is 51.1 Å². The van der Waals surface area contributed by atoms with Crippen molar-refractivity contribution in [2.45, 2.75) is 40.0 Å². The molecular formula is C21H28N2O2. The molecule has 0 aliphatic heterocycles. The first-order chi connectivity index (χ1) is 11.8. The first-order valence-electron chi connectivity index (χ1n) is 8.62. The number of benzene rings is 2. The molecule has 0 saturated heterocycles. The van der Waals surface area contributed by atoms with E-state index in [4.69, 9.17) is 4.74 Å². The van der Waals surface area contributed by atoms with Crippen LogP contribution in [0.5, 0.6) is 5.75 Å². The van der Waals surface area contributed by atoms with Gasteiger partial charge in [0.25, 0.3) is 0 Å². The Morgan fingerprint density at radius 3 is 2.16 bits per heavy atom. The molecule has 0 radical (unpaired) electrons. The average molecular weight is 340 g/mol. The van der Waals surface area contributed by atoms with Crippen molar-refractivity contribution in [3.63, 3.8) is 0 Å². The zero-order chi connectivity index (χ0) is 18.4. The van der Waals surface area contributed by atoms with Crippen LogP contribution in [0.1, 0.15) is 37.5 Å². The Labute approximate surface area is 150 Å². The van der Waals surface area contributed by atoms with Gasteiger partial charge in [0.05, 0.1) is 6.54 Å². The second-order valence-corrected chi connectivity index (χ2v) is 7.28. The molecular weight excluding hydrogens is 312 g/mol. The summed E-state index contributed by atoms with van der Waals surface area (Å²) in [6, 6.07) is 13.7. The number of ether oxygens (including phenoxy) is 1. The highest BCUT2D eigenvalue weighted by Crippen LogP contribution is 2.23. The van der Waals surface area contributed by atoms with Crippen molar-refractivity contribution in [3.05, 3.63) is 59.2 Å². The third-order valence-corrected chi connectivity index (χ3v) is 4.05. The highest BCUT2D eigenvalue weighted by atomic mass is 16.5. The molecule has 2 rings (SSSR count). The van der Waals surface area contributed by atoms with Crippen LogP contribution in [0.4, 0.5) is 10.5 Å². The maximum absolute atomic E-state index is 12.0. The molecule has 2 aromatic rings. The van der Waals surface area contributed by atoms with Crippen molar-refractivity contribution in [2.24, 2.45) is 0 Å². The molecule has 0 heterocycles. The van der Waals surface area contributed by atoms with Crippen LogP contribution in [0.2, 0.25) is 0 Å². The van der Waals surface area contributed by atoms with E-state index >= 15 is 0 Å². The van der Waals surface area contributed by atoms with E-state index in [1.807, 2.05) is 56.3 Å². The summed E-state index contributed by atoms with van der Waals surface area (Å²) in [5.41, 5.74) is 4.32. The topological polar surface area (TPSA) is 50.4 Å². The Balaban J connectivity index is 1.77. The van der Waals surface area contributed by atoms with Crippen molar-refractivity contribution < 1.29 is 9.53 Å². The Kier molecular flexibility index (Phi) is 6.07. The maximum atomic E-state index is 12.0. The van der Waals surface area contributed by atoms with Crippen LogP contribution < -0.4 is 15.4 Å². The number of carbonyl (C=O) groups excluding carboxylic acids is 1. The third-order valence-electron chi connectivity index (χ3n) is 4.05. The van der Waals surface area contributed by atoms with Crippen molar-refractivity contribution >= 4 is 11.7 Å². The first kappa shape index (κ1) is 18.8. The molecule has 0 atom stereocenters. The van der Waals surface area contributed by atoms with Gasteiger partial charge in [-0.25, -0.2) is 4.79 Å². The van der Waals surface area contributed by atoms with Crippen LogP contribution in [0, 0.1) is 13.8 Å². The van der Waals surface area contributed by atoms with Gasteiger partial charge in [-0.05, 0) is 48.1 Å². The van der Waals surface area contributed by atoms with Gasteiger partial charge in [0.15, 0.2) is 0 Å². The fourth-order valence-corrected chi connectivity index (χ4v) is 2.57. The van der Waals surface area contributed by atoms with Crippen LogP contribution in [0.3, 0.4) is 0 Å². The smallest absolute Gasteiger partial charge is 0.319 e. The minimum absolute atomic E-state index is 0.103. The first-order valence-corrected chi connectivity index (χ1v) is 8.62. The zero-order valence-electron chi connectivity index (χ0n) is 15.8. The maximum Gasteiger partial charge on any atom is 0.319 e. The Hall–Kier alpha value is -2.49. The number of anilines is 1. The average Bonchev–Trinajstić information content (AvgIpc) is 2.53. The highest BCUT2D eigenvalue weighted by Gasteiger charge is 2.13. The Morgan fingerprint density at radius 2 is 1.60 bits per heavy atom. The highest BCUT2D eigenvalue weighted by molar-refractivity contribution is 5.89. The Bertz CT molecular complexity index is 695. The van der Waals surface area contributed by atoms with Crippen LogP contribution in [-0.2, 0) is 5.41 Å². The van der Waals surface area contributed by atoms with Gasteiger partial charge < -0.3 is 15.4 Å². The van der Waals surface area contributed by atoms with E-state index in [0.717, 1.165) is 22.6 Å². The second-order valence-electron chi connectivity index (χ2n) is 7.28. The Morgan fingerprint density at radius 1 is 1.00 bits per heavy atom. The van der Waals surface area contributed by atoms with Crippen LogP contribution in [-0.4, -0.2) is 19.2 Å². The molecule has 0 bridgehead atoms.